The van der Waals surface area contributed by atoms with Gasteiger partial charge in [0, 0.05) is 31.2 Å². The molecule has 6 heteroatoms. The molecule has 0 radical (unpaired) electrons. The Labute approximate surface area is 184 Å². The highest BCUT2D eigenvalue weighted by Gasteiger charge is 2.46. The van der Waals surface area contributed by atoms with Crippen molar-refractivity contribution in [2.75, 3.05) is 19.8 Å². The van der Waals surface area contributed by atoms with Crippen LogP contribution in [0.25, 0.3) is 0 Å². The standard InChI is InChI=1S/C25H33N3O3/c1-24(2,3)21-11-12-22(29)28(26-21)18-20-10-7-15-27(20)23(30)25(13-16-31-17-14-25)19-8-5-4-6-9-19/h4-6,8-9,11-12,20H,7,10,13-18H2,1-3H3. The highest BCUT2D eigenvalue weighted by molar-refractivity contribution is 5.89. The summed E-state index contributed by atoms with van der Waals surface area (Å²) < 4.78 is 7.17. The van der Waals surface area contributed by atoms with Crippen LogP contribution in [-0.4, -0.2) is 46.4 Å². The zero-order chi connectivity index (χ0) is 22.1. The Morgan fingerprint density at radius 1 is 1.13 bits per heavy atom. The van der Waals surface area contributed by atoms with Crippen molar-refractivity contribution in [3.05, 3.63) is 64.1 Å². The molecule has 1 aromatic carbocycles. The summed E-state index contributed by atoms with van der Waals surface area (Å²) in [7, 11) is 0. The van der Waals surface area contributed by atoms with E-state index in [0.717, 1.165) is 30.6 Å². The van der Waals surface area contributed by atoms with E-state index in [9.17, 15) is 9.59 Å². The van der Waals surface area contributed by atoms with Crippen molar-refractivity contribution in [3.8, 4) is 0 Å². The largest absolute Gasteiger partial charge is 0.381 e. The maximum atomic E-state index is 14.0. The minimum absolute atomic E-state index is 0.0173. The number of hydrogen-bond donors (Lipinski definition) is 0. The van der Waals surface area contributed by atoms with Crippen LogP contribution in [0.4, 0.5) is 0 Å². The second-order valence-electron chi connectivity index (χ2n) is 9.84. The highest BCUT2D eigenvalue weighted by Crippen LogP contribution is 2.38. The fourth-order valence-corrected chi connectivity index (χ4v) is 4.85. The van der Waals surface area contributed by atoms with Gasteiger partial charge in [0.1, 0.15) is 0 Å². The summed E-state index contributed by atoms with van der Waals surface area (Å²) in [6.07, 6.45) is 3.22. The number of benzene rings is 1. The van der Waals surface area contributed by atoms with Gasteiger partial charge < -0.3 is 9.64 Å². The summed E-state index contributed by atoms with van der Waals surface area (Å²) in [5.41, 5.74) is 1.15. The fourth-order valence-electron chi connectivity index (χ4n) is 4.85. The number of carbonyl (C=O) groups excluding carboxylic acids is 1. The van der Waals surface area contributed by atoms with Gasteiger partial charge in [-0.2, -0.15) is 5.10 Å². The molecule has 2 aliphatic heterocycles. The summed E-state index contributed by atoms with van der Waals surface area (Å²) in [5, 5.41) is 4.64. The molecule has 0 N–H and O–H groups in total. The Morgan fingerprint density at radius 3 is 2.52 bits per heavy atom. The zero-order valence-electron chi connectivity index (χ0n) is 18.8. The molecule has 1 atom stereocenters. The predicted molar refractivity (Wildman–Crippen MR) is 120 cm³/mol. The highest BCUT2D eigenvalue weighted by atomic mass is 16.5. The number of ether oxygens (including phenoxy) is 1. The Kier molecular flexibility index (Phi) is 6.02. The number of aromatic nitrogens is 2. The van der Waals surface area contributed by atoms with Crippen molar-refractivity contribution in [1.82, 2.24) is 14.7 Å². The molecule has 0 aliphatic carbocycles. The third-order valence-corrected chi connectivity index (χ3v) is 6.74. The minimum Gasteiger partial charge on any atom is -0.381 e. The molecule has 0 bridgehead atoms. The second-order valence-corrected chi connectivity index (χ2v) is 9.84. The van der Waals surface area contributed by atoms with E-state index in [1.54, 1.807) is 10.7 Å². The number of amides is 1. The van der Waals surface area contributed by atoms with Crippen molar-refractivity contribution < 1.29 is 9.53 Å². The first kappa shape index (κ1) is 21.8. The van der Waals surface area contributed by atoms with Crippen LogP contribution in [-0.2, 0) is 26.9 Å². The van der Waals surface area contributed by atoms with Gasteiger partial charge in [-0.3, -0.25) is 9.59 Å². The number of likely N-dealkylation sites (tertiary alicyclic amines) is 1. The van der Waals surface area contributed by atoms with Crippen molar-refractivity contribution in [3.63, 3.8) is 0 Å². The van der Waals surface area contributed by atoms with Crippen molar-refractivity contribution in [1.29, 1.82) is 0 Å². The molecule has 1 amide bonds. The monoisotopic (exact) mass is 423 g/mol. The maximum absolute atomic E-state index is 14.0. The van der Waals surface area contributed by atoms with E-state index in [1.165, 1.54) is 0 Å². The van der Waals surface area contributed by atoms with Crippen molar-refractivity contribution in [2.24, 2.45) is 0 Å². The smallest absolute Gasteiger partial charge is 0.266 e. The lowest BCUT2D eigenvalue weighted by Gasteiger charge is -2.40. The lowest BCUT2D eigenvalue weighted by Crippen LogP contribution is -2.52. The molecule has 1 aromatic heterocycles. The van der Waals surface area contributed by atoms with Gasteiger partial charge in [-0.1, -0.05) is 51.1 Å². The van der Waals surface area contributed by atoms with Gasteiger partial charge in [-0.25, -0.2) is 4.68 Å². The molecule has 0 spiro atoms. The molecule has 1 unspecified atom stereocenters. The Morgan fingerprint density at radius 2 is 1.84 bits per heavy atom. The summed E-state index contributed by atoms with van der Waals surface area (Å²) in [6, 6.07) is 13.5. The van der Waals surface area contributed by atoms with Crippen molar-refractivity contribution >= 4 is 5.91 Å². The molecule has 3 heterocycles. The quantitative estimate of drug-likeness (QED) is 0.757. The van der Waals surface area contributed by atoms with Gasteiger partial charge in [-0.15, -0.1) is 0 Å². The van der Waals surface area contributed by atoms with Crippen LogP contribution in [0.15, 0.2) is 47.3 Å². The number of hydrogen-bond acceptors (Lipinski definition) is 4. The SMILES string of the molecule is CC(C)(C)c1ccc(=O)n(CC2CCCN2C(=O)C2(c3ccccc3)CCOCC2)n1. The molecule has 4 rings (SSSR count). The topological polar surface area (TPSA) is 64.4 Å². The molecule has 0 saturated carbocycles. The van der Waals surface area contributed by atoms with Gasteiger partial charge in [-0.05, 0) is 37.3 Å². The van der Waals surface area contributed by atoms with Crippen LogP contribution in [0.1, 0.15) is 57.7 Å². The molecular formula is C25H33N3O3. The molecular weight excluding hydrogens is 390 g/mol. The van der Waals surface area contributed by atoms with Gasteiger partial charge >= 0.3 is 0 Å². The van der Waals surface area contributed by atoms with E-state index < -0.39 is 5.41 Å². The third-order valence-electron chi connectivity index (χ3n) is 6.74. The van der Waals surface area contributed by atoms with Crippen LogP contribution in [0.2, 0.25) is 0 Å². The maximum Gasteiger partial charge on any atom is 0.266 e. The molecule has 6 nitrogen and oxygen atoms in total. The first-order chi connectivity index (χ1) is 14.8. The van der Waals surface area contributed by atoms with Gasteiger partial charge in [0.2, 0.25) is 5.91 Å². The molecule has 2 saturated heterocycles. The van der Waals surface area contributed by atoms with Crippen LogP contribution in [0, 0.1) is 0 Å². The van der Waals surface area contributed by atoms with Crippen LogP contribution in [0.5, 0.6) is 0 Å². The summed E-state index contributed by atoms with van der Waals surface area (Å²) in [5.74, 6) is 0.171. The Hall–Kier alpha value is -2.47. The minimum atomic E-state index is -0.548. The van der Waals surface area contributed by atoms with Gasteiger partial charge in [0.25, 0.3) is 5.56 Å². The molecule has 166 valence electrons. The molecule has 2 aromatic rings. The first-order valence-electron chi connectivity index (χ1n) is 11.3. The van der Waals surface area contributed by atoms with E-state index in [2.05, 4.69) is 38.0 Å². The fraction of sp³-hybridized carbons (Fsp3) is 0.560. The van der Waals surface area contributed by atoms with Crippen LogP contribution >= 0.6 is 0 Å². The number of rotatable bonds is 4. The summed E-state index contributed by atoms with van der Waals surface area (Å²) in [4.78, 5) is 28.5. The van der Waals surface area contributed by atoms with E-state index in [0.29, 0.717) is 32.6 Å². The normalized spacial score (nSPS) is 21.3. The average molecular weight is 424 g/mol. The lowest BCUT2D eigenvalue weighted by atomic mass is 9.73. The zero-order valence-corrected chi connectivity index (χ0v) is 18.8. The number of nitrogens with zero attached hydrogens (tertiary/aromatic N) is 3. The van der Waals surface area contributed by atoms with Crippen LogP contribution < -0.4 is 5.56 Å². The predicted octanol–water partition coefficient (Wildman–Crippen LogP) is 3.28. The summed E-state index contributed by atoms with van der Waals surface area (Å²) in [6.45, 7) is 8.61. The summed E-state index contributed by atoms with van der Waals surface area (Å²) >= 11 is 0. The van der Waals surface area contributed by atoms with E-state index in [-0.39, 0.29) is 22.9 Å². The van der Waals surface area contributed by atoms with Gasteiger partial charge in [0.15, 0.2) is 0 Å². The third kappa shape index (κ3) is 4.31. The average Bonchev–Trinajstić information content (AvgIpc) is 3.23. The van der Waals surface area contributed by atoms with E-state index in [1.807, 2.05) is 29.2 Å². The molecule has 2 aliphatic rings. The van der Waals surface area contributed by atoms with E-state index in [4.69, 9.17) is 4.74 Å². The van der Waals surface area contributed by atoms with Gasteiger partial charge in [0.05, 0.1) is 23.7 Å². The molecule has 31 heavy (non-hydrogen) atoms. The van der Waals surface area contributed by atoms with E-state index >= 15 is 0 Å². The number of carbonyl (C=O) groups is 1. The van der Waals surface area contributed by atoms with Crippen molar-refractivity contribution in [2.45, 2.75) is 69.9 Å². The van der Waals surface area contributed by atoms with Crippen LogP contribution in [0.3, 0.4) is 0 Å². The lowest BCUT2D eigenvalue weighted by molar-refractivity contribution is -0.142. The second kappa shape index (κ2) is 8.58. The first-order valence-corrected chi connectivity index (χ1v) is 11.3. The molecule has 2 fully saturated rings. The Balaban J connectivity index is 1.62. The Bertz CT molecular complexity index is 971.